The molecular weight excluding hydrogens is 260 g/mol. The number of fused-ring (bicyclic) bond motifs is 1. The highest BCUT2D eigenvalue weighted by Crippen LogP contribution is 2.20. The molecule has 0 aliphatic carbocycles. The van der Waals surface area contributed by atoms with Crippen LogP contribution < -0.4 is 0 Å². The minimum absolute atomic E-state index is 0.834. The maximum absolute atomic E-state index is 4.62. The summed E-state index contributed by atoms with van der Waals surface area (Å²) in [5.74, 6) is 0.908. The Morgan fingerprint density at radius 2 is 1.86 bits per heavy atom. The molecule has 4 nitrogen and oxygen atoms in total. The van der Waals surface area contributed by atoms with Crippen LogP contribution in [0.4, 0.5) is 0 Å². The van der Waals surface area contributed by atoms with Crippen molar-refractivity contribution in [1.82, 2.24) is 19.5 Å². The SMILES string of the molecule is c1ccc2[nH]c(-c3ccc(Cn4ccnc4)cc3)nc2c1. The van der Waals surface area contributed by atoms with Gasteiger partial charge in [0.05, 0.1) is 17.4 Å². The summed E-state index contributed by atoms with van der Waals surface area (Å²) >= 11 is 0. The fraction of sp³-hybridized carbons (Fsp3) is 0.0588. The molecule has 102 valence electrons. The van der Waals surface area contributed by atoms with Gasteiger partial charge in [0, 0.05) is 24.5 Å². The van der Waals surface area contributed by atoms with Crippen molar-refractivity contribution in [2.75, 3.05) is 0 Å². The van der Waals surface area contributed by atoms with E-state index < -0.39 is 0 Å². The fourth-order valence-corrected chi connectivity index (χ4v) is 2.45. The van der Waals surface area contributed by atoms with Gasteiger partial charge in [-0.1, -0.05) is 36.4 Å². The second kappa shape index (κ2) is 4.90. The van der Waals surface area contributed by atoms with Gasteiger partial charge in [-0.15, -0.1) is 0 Å². The molecule has 0 atom stereocenters. The van der Waals surface area contributed by atoms with E-state index in [2.05, 4.69) is 43.8 Å². The molecule has 0 fully saturated rings. The van der Waals surface area contributed by atoms with Gasteiger partial charge in [-0.2, -0.15) is 0 Å². The van der Waals surface area contributed by atoms with Crippen molar-refractivity contribution in [3.05, 3.63) is 72.8 Å². The Morgan fingerprint density at radius 3 is 2.62 bits per heavy atom. The van der Waals surface area contributed by atoms with Crippen molar-refractivity contribution < 1.29 is 0 Å². The lowest BCUT2D eigenvalue weighted by Crippen LogP contribution is -1.95. The van der Waals surface area contributed by atoms with Crippen LogP contribution in [0.5, 0.6) is 0 Å². The molecule has 4 heteroatoms. The third-order valence-corrected chi connectivity index (χ3v) is 3.54. The molecule has 0 bridgehead atoms. The first-order valence-corrected chi connectivity index (χ1v) is 6.88. The number of rotatable bonds is 3. The smallest absolute Gasteiger partial charge is 0.138 e. The molecule has 0 saturated heterocycles. The van der Waals surface area contributed by atoms with E-state index in [9.17, 15) is 0 Å². The second-order valence-corrected chi connectivity index (χ2v) is 5.03. The van der Waals surface area contributed by atoms with Crippen molar-refractivity contribution in [3.8, 4) is 11.4 Å². The Hall–Kier alpha value is -2.88. The van der Waals surface area contributed by atoms with Gasteiger partial charge in [0.15, 0.2) is 0 Å². The van der Waals surface area contributed by atoms with Crippen LogP contribution in [0.1, 0.15) is 5.56 Å². The molecule has 2 heterocycles. The monoisotopic (exact) mass is 274 g/mol. The first kappa shape index (κ1) is 11.9. The maximum atomic E-state index is 4.62. The molecule has 0 radical (unpaired) electrons. The quantitative estimate of drug-likeness (QED) is 0.621. The molecule has 4 aromatic rings. The number of para-hydroxylation sites is 2. The minimum Gasteiger partial charge on any atom is -0.338 e. The summed E-state index contributed by atoms with van der Waals surface area (Å²) in [6, 6.07) is 16.5. The Bertz CT molecular complexity index is 824. The van der Waals surface area contributed by atoms with Gasteiger partial charge in [-0.3, -0.25) is 0 Å². The second-order valence-electron chi connectivity index (χ2n) is 5.03. The Kier molecular flexibility index (Phi) is 2.78. The number of hydrogen-bond acceptors (Lipinski definition) is 2. The van der Waals surface area contributed by atoms with Crippen molar-refractivity contribution in [1.29, 1.82) is 0 Å². The van der Waals surface area contributed by atoms with Crippen LogP contribution in [0.3, 0.4) is 0 Å². The van der Waals surface area contributed by atoms with Crippen LogP contribution in [-0.2, 0) is 6.54 Å². The number of hydrogen-bond donors (Lipinski definition) is 1. The highest BCUT2D eigenvalue weighted by atomic mass is 15.0. The van der Waals surface area contributed by atoms with Crippen LogP contribution in [0.15, 0.2) is 67.3 Å². The molecule has 0 aliphatic rings. The summed E-state index contributed by atoms with van der Waals surface area (Å²) in [4.78, 5) is 12.0. The van der Waals surface area contributed by atoms with E-state index in [1.165, 1.54) is 5.56 Å². The third kappa shape index (κ3) is 2.31. The number of imidazole rings is 2. The fourth-order valence-electron chi connectivity index (χ4n) is 2.45. The molecule has 0 spiro atoms. The van der Waals surface area contributed by atoms with E-state index >= 15 is 0 Å². The molecule has 1 N–H and O–H groups in total. The molecule has 2 aromatic carbocycles. The maximum Gasteiger partial charge on any atom is 0.138 e. The first-order chi connectivity index (χ1) is 10.4. The summed E-state index contributed by atoms with van der Waals surface area (Å²) in [5, 5.41) is 0. The standard InChI is InChI=1S/C17H14N4/c1-2-4-16-15(3-1)19-17(20-16)14-7-5-13(6-8-14)11-21-10-9-18-12-21/h1-10,12H,11H2,(H,19,20). The van der Waals surface area contributed by atoms with Crippen LogP contribution >= 0.6 is 0 Å². The molecule has 0 amide bonds. The molecule has 0 aliphatic heterocycles. The van der Waals surface area contributed by atoms with Gasteiger partial charge in [-0.05, 0) is 17.7 Å². The molecule has 4 rings (SSSR count). The van der Waals surface area contributed by atoms with E-state index in [4.69, 9.17) is 0 Å². The number of nitrogens with one attached hydrogen (secondary N) is 1. The number of aromatic nitrogens is 4. The zero-order chi connectivity index (χ0) is 14.1. The average molecular weight is 274 g/mol. The van der Waals surface area contributed by atoms with Gasteiger partial charge in [0.25, 0.3) is 0 Å². The van der Waals surface area contributed by atoms with Crippen LogP contribution in [0.2, 0.25) is 0 Å². The summed E-state index contributed by atoms with van der Waals surface area (Å²) in [5.41, 5.74) is 4.40. The molecule has 0 saturated carbocycles. The lowest BCUT2D eigenvalue weighted by atomic mass is 10.1. The number of benzene rings is 2. The number of aromatic amines is 1. The molecular formula is C17H14N4. The van der Waals surface area contributed by atoms with Crippen LogP contribution in [-0.4, -0.2) is 19.5 Å². The summed E-state index contributed by atoms with van der Waals surface area (Å²) in [7, 11) is 0. The Balaban J connectivity index is 1.63. The molecule has 21 heavy (non-hydrogen) atoms. The molecule has 2 aromatic heterocycles. The predicted octanol–water partition coefficient (Wildman–Crippen LogP) is 3.47. The third-order valence-electron chi connectivity index (χ3n) is 3.54. The van der Waals surface area contributed by atoms with Gasteiger partial charge >= 0.3 is 0 Å². The van der Waals surface area contributed by atoms with Crippen LogP contribution in [0, 0.1) is 0 Å². The van der Waals surface area contributed by atoms with Crippen molar-refractivity contribution >= 4 is 11.0 Å². The van der Waals surface area contributed by atoms with Crippen molar-refractivity contribution in [2.45, 2.75) is 6.54 Å². The van der Waals surface area contributed by atoms with Gasteiger partial charge in [-0.25, -0.2) is 9.97 Å². The van der Waals surface area contributed by atoms with Gasteiger partial charge in [0.1, 0.15) is 5.82 Å². The number of nitrogens with zero attached hydrogens (tertiary/aromatic N) is 3. The summed E-state index contributed by atoms with van der Waals surface area (Å²) in [6.45, 7) is 0.834. The minimum atomic E-state index is 0.834. The topological polar surface area (TPSA) is 46.5 Å². The van der Waals surface area contributed by atoms with E-state index in [0.29, 0.717) is 0 Å². The average Bonchev–Trinajstić information content (AvgIpc) is 3.16. The van der Waals surface area contributed by atoms with Gasteiger partial charge < -0.3 is 9.55 Å². The summed E-state index contributed by atoms with van der Waals surface area (Å²) < 4.78 is 2.05. The number of H-pyrrole nitrogens is 1. The summed E-state index contributed by atoms with van der Waals surface area (Å²) in [6.07, 6.45) is 5.59. The Labute approximate surface area is 122 Å². The van der Waals surface area contributed by atoms with Crippen LogP contribution in [0.25, 0.3) is 22.4 Å². The van der Waals surface area contributed by atoms with E-state index in [-0.39, 0.29) is 0 Å². The normalized spacial score (nSPS) is 11.0. The van der Waals surface area contributed by atoms with E-state index in [1.807, 2.05) is 36.8 Å². The van der Waals surface area contributed by atoms with Crippen molar-refractivity contribution in [3.63, 3.8) is 0 Å². The predicted molar refractivity (Wildman–Crippen MR) is 82.9 cm³/mol. The zero-order valence-electron chi connectivity index (χ0n) is 11.4. The largest absolute Gasteiger partial charge is 0.338 e. The first-order valence-electron chi connectivity index (χ1n) is 6.88. The molecule has 0 unspecified atom stereocenters. The van der Waals surface area contributed by atoms with E-state index in [0.717, 1.165) is 29.0 Å². The van der Waals surface area contributed by atoms with E-state index in [1.54, 1.807) is 6.20 Å². The lowest BCUT2D eigenvalue weighted by molar-refractivity contribution is 0.797. The van der Waals surface area contributed by atoms with Crippen molar-refractivity contribution in [2.24, 2.45) is 0 Å². The highest BCUT2D eigenvalue weighted by molar-refractivity contribution is 5.79. The lowest BCUT2D eigenvalue weighted by Gasteiger charge is -2.03. The Morgan fingerprint density at radius 1 is 1.00 bits per heavy atom. The van der Waals surface area contributed by atoms with Gasteiger partial charge in [0.2, 0.25) is 0 Å². The zero-order valence-corrected chi connectivity index (χ0v) is 11.4. The highest BCUT2D eigenvalue weighted by Gasteiger charge is 2.04.